The average molecular weight is 174 g/mol. The molecule has 0 aliphatic carbocycles. The van der Waals surface area contributed by atoms with Crippen LogP contribution in [0.4, 0.5) is 5.69 Å². The fourth-order valence-corrected chi connectivity index (χ4v) is 2.20. The molecule has 66 valence electrons. The lowest BCUT2D eigenvalue weighted by Crippen LogP contribution is -2.31. The fourth-order valence-electron chi connectivity index (χ4n) is 2.20. The van der Waals surface area contributed by atoms with Crippen molar-refractivity contribution in [3.05, 3.63) is 29.8 Å². The molecule has 0 saturated carbocycles. The molecule has 3 heteroatoms. The van der Waals surface area contributed by atoms with Crippen LogP contribution in [-0.4, -0.2) is 12.1 Å². The van der Waals surface area contributed by atoms with Gasteiger partial charge in [0.05, 0.1) is 0 Å². The van der Waals surface area contributed by atoms with Gasteiger partial charge in [0.2, 0.25) is 5.91 Å². The summed E-state index contributed by atoms with van der Waals surface area (Å²) in [6.07, 6.45) is 0.749. The lowest BCUT2D eigenvalue weighted by molar-refractivity contribution is -0.119. The zero-order valence-electron chi connectivity index (χ0n) is 7.08. The summed E-state index contributed by atoms with van der Waals surface area (Å²) >= 11 is 0. The Labute approximate surface area is 76.1 Å². The lowest BCUT2D eigenvalue weighted by atomic mass is 9.99. The van der Waals surface area contributed by atoms with E-state index in [1.807, 2.05) is 12.1 Å². The van der Waals surface area contributed by atoms with Gasteiger partial charge >= 0.3 is 0 Å². The third kappa shape index (κ3) is 0.869. The van der Waals surface area contributed by atoms with Gasteiger partial charge in [-0.05, 0) is 11.6 Å². The molecule has 1 fully saturated rings. The number of carbonyl (C=O) groups is 1. The molecule has 1 amide bonds. The molecule has 0 aromatic heterocycles. The molecule has 2 aliphatic rings. The van der Waals surface area contributed by atoms with Gasteiger partial charge in [0.15, 0.2) is 0 Å². The minimum Gasteiger partial charge on any atom is -0.365 e. The first-order valence-corrected chi connectivity index (χ1v) is 4.49. The van der Waals surface area contributed by atoms with Gasteiger partial charge in [-0.25, -0.2) is 0 Å². The number of benzene rings is 1. The smallest absolute Gasteiger partial charge is 0.222 e. The first-order chi connectivity index (χ1) is 6.34. The van der Waals surface area contributed by atoms with Gasteiger partial charge in [-0.1, -0.05) is 18.2 Å². The second kappa shape index (κ2) is 2.25. The Kier molecular flexibility index (Phi) is 1.20. The summed E-state index contributed by atoms with van der Waals surface area (Å²) in [6, 6.07) is 8.17. The third-order valence-corrected chi connectivity index (χ3v) is 2.80. The van der Waals surface area contributed by atoms with E-state index in [1.165, 1.54) is 5.56 Å². The maximum absolute atomic E-state index is 11.1. The molecule has 0 bridgehead atoms. The van der Waals surface area contributed by atoms with Crippen LogP contribution in [0.15, 0.2) is 24.3 Å². The van der Waals surface area contributed by atoms with E-state index in [0.717, 1.165) is 5.69 Å². The molecule has 13 heavy (non-hydrogen) atoms. The maximum Gasteiger partial charge on any atom is 0.222 e. The summed E-state index contributed by atoms with van der Waals surface area (Å²) in [5, 5.41) is 6.21. The van der Waals surface area contributed by atoms with Crippen LogP contribution < -0.4 is 10.6 Å². The topological polar surface area (TPSA) is 41.1 Å². The second-order valence-corrected chi connectivity index (χ2v) is 3.59. The van der Waals surface area contributed by atoms with Gasteiger partial charge < -0.3 is 10.6 Å². The first-order valence-electron chi connectivity index (χ1n) is 4.49. The second-order valence-electron chi connectivity index (χ2n) is 3.59. The normalized spacial score (nSPS) is 29.1. The number of carbonyl (C=O) groups excluding carboxylic acids is 1. The van der Waals surface area contributed by atoms with E-state index in [9.17, 15) is 4.79 Å². The molecule has 2 N–H and O–H groups in total. The van der Waals surface area contributed by atoms with Crippen LogP contribution in [0.1, 0.15) is 17.9 Å². The van der Waals surface area contributed by atoms with Crippen molar-refractivity contribution in [1.29, 1.82) is 0 Å². The number of anilines is 1. The highest BCUT2D eigenvalue weighted by molar-refractivity contribution is 5.83. The van der Waals surface area contributed by atoms with Gasteiger partial charge in [0.25, 0.3) is 0 Å². The SMILES string of the molecule is O=C1CC2c3ccccc3NC2N1. The van der Waals surface area contributed by atoms with Crippen molar-refractivity contribution in [3.63, 3.8) is 0 Å². The monoisotopic (exact) mass is 174 g/mol. The molecule has 1 aromatic carbocycles. The van der Waals surface area contributed by atoms with Crippen molar-refractivity contribution in [2.24, 2.45) is 0 Å². The Bertz CT molecular complexity index is 375. The highest BCUT2D eigenvalue weighted by atomic mass is 16.2. The Balaban J connectivity index is 2.06. The number of nitrogens with one attached hydrogen (secondary N) is 2. The van der Waals surface area contributed by atoms with E-state index in [2.05, 4.69) is 22.8 Å². The van der Waals surface area contributed by atoms with Gasteiger partial charge in [-0.3, -0.25) is 4.79 Å². The van der Waals surface area contributed by atoms with Crippen LogP contribution in [0, 0.1) is 0 Å². The highest BCUT2D eigenvalue weighted by Gasteiger charge is 2.39. The van der Waals surface area contributed by atoms with Crippen LogP contribution in [-0.2, 0) is 4.79 Å². The molecule has 3 nitrogen and oxygen atoms in total. The van der Waals surface area contributed by atoms with Crippen LogP contribution in [0.5, 0.6) is 0 Å². The molecule has 2 unspecified atom stereocenters. The molecule has 2 heterocycles. The zero-order valence-corrected chi connectivity index (χ0v) is 7.08. The number of para-hydroxylation sites is 1. The Morgan fingerprint density at radius 1 is 1.23 bits per heavy atom. The van der Waals surface area contributed by atoms with Gasteiger partial charge in [-0.15, -0.1) is 0 Å². The van der Waals surface area contributed by atoms with Crippen LogP contribution in [0.3, 0.4) is 0 Å². The molecule has 1 aromatic rings. The van der Waals surface area contributed by atoms with E-state index in [-0.39, 0.29) is 12.1 Å². The summed E-state index contributed by atoms with van der Waals surface area (Å²) in [4.78, 5) is 11.1. The molecular weight excluding hydrogens is 164 g/mol. The zero-order chi connectivity index (χ0) is 8.84. The number of rotatable bonds is 0. The molecule has 0 radical (unpaired) electrons. The molecule has 3 rings (SSSR count). The van der Waals surface area contributed by atoms with Gasteiger partial charge in [-0.2, -0.15) is 0 Å². The van der Waals surface area contributed by atoms with E-state index in [4.69, 9.17) is 0 Å². The lowest BCUT2D eigenvalue weighted by Gasteiger charge is -2.08. The summed E-state index contributed by atoms with van der Waals surface area (Å²) in [7, 11) is 0. The van der Waals surface area contributed by atoms with E-state index >= 15 is 0 Å². The minimum absolute atomic E-state index is 0.130. The Morgan fingerprint density at radius 3 is 3.00 bits per heavy atom. The molecule has 2 atom stereocenters. The van der Waals surface area contributed by atoms with E-state index in [1.54, 1.807) is 0 Å². The predicted octanol–water partition coefficient (Wildman–Crippen LogP) is 1.04. The first kappa shape index (κ1) is 6.95. The van der Waals surface area contributed by atoms with Crippen molar-refractivity contribution in [3.8, 4) is 0 Å². The van der Waals surface area contributed by atoms with Crippen LogP contribution >= 0.6 is 0 Å². The number of hydrogen-bond acceptors (Lipinski definition) is 2. The fraction of sp³-hybridized carbons (Fsp3) is 0.300. The van der Waals surface area contributed by atoms with Gasteiger partial charge in [0.1, 0.15) is 6.17 Å². The van der Waals surface area contributed by atoms with Crippen molar-refractivity contribution >= 4 is 11.6 Å². The summed E-state index contributed by atoms with van der Waals surface area (Å²) in [6.45, 7) is 0. The van der Waals surface area contributed by atoms with E-state index in [0.29, 0.717) is 12.3 Å². The predicted molar refractivity (Wildman–Crippen MR) is 49.4 cm³/mol. The molecule has 0 spiro atoms. The number of fused-ring (bicyclic) bond motifs is 3. The molecule has 1 saturated heterocycles. The van der Waals surface area contributed by atoms with Crippen molar-refractivity contribution in [2.45, 2.75) is 18.5 Å². The van der Waals surface area contributed by atoms with Crippen LogP contribution in [0.2, 0.25) is 0 Å². The minimum atomic E-state index is 0.130. The highest BCUT2D eigenvalue weighted by Crippen LogP contribution is 2.39. The Morgan fingerprint density at radius 2 is 2.08 bits per heavy atom. The third-order valence-electron chi connectivity index (χ3n) is 2.80. The summed E-state index contributed by atoms with van der Waals surface area (Å²) in [5.41, 5.74) is 2.43. The molecular formula is C10H10N2O. The summed E-state index contributed by atoms with van der Waals surface area (Å²) in [5.74, 6) is 0.487. The largest absolute Gasteiger partial charge is 0.365 e. The summed E-state index contributed by atoms with van der Waals surface area (Å²) < 4.78 is 0. The van der Waals surface area contributed by atoms with E-state index < -0.39 is 0 Å². The van der Waals surface area contributed by atoms with Crippen molar-refractivity contribution in [1.82, 2.24) is 5.32 Å². The number of amides is 1. The average Bonchev–Trinajstić information content (AvgIpc) is 2.60. The van der Waals surface area contributed by atoms with Crippen LogP contribution in [0.25, 0.3) is 0 Å². The maximum atomic E-state index is 11.1. The quantitative estimate of drug-likeness (QED) is 0.617. The standard InChI is InChI=1S/C10H10N2O/c13-9-5-7-6-3-1-2-4-8(6)11-10(7)12-9/h1-4,7,10-11H,5H2,(H,12,13). The molecule has 2 aliphatic heterocycles. The van der Waals surface area contributed by atoms with Gasteiger partial charge in [0, 0.05) is 18.0 Å². The van der Waals surface area contributed by atoms with Crippen molar-refractivity contribution < 1.29 is 4.79 Å². The van der Waals surface area contributed by atoms with Crippen molar-refractivity contribution in [2.75, 3.05) is 5.32 Å². The number of hydrogen-bond donors (Lipinski definition) is 2. The Hall–Kier alpha value is -1.51.